The molecule has 3 rings (SSSR count). The van der Waals surface area contributed by atoms with Crippen LogP contribution in [-0.2, 0) is 4.74 Å². The standard InChI is InChI=1S/C19H35N3O2.HI/c1-20-17(21-14-18(10-12-23)6-2-3-7-18)22-11-4-8-19(15-22)9-5-13-24-16-19;/h23H,2-16H2,1H3,(H,20,21);1H. The van der Waals surface area contributed by atoms with E-state index in [1.165, 1.54) is 51.4 Å². The van der Waals surface area contributed by atoms with Crippen molar-refractivity contribution < 1.29 is 9.84 Å². The Balaban J connectivity index is 0.00000225. The Bertz CT molecular complexity index is 427. The van der Waals surface area contributed by atoms with Gasteiger partial charge in [-0.05, 0) is 50.4 Å². The van der Waals surface area contributed by atoms with E-state index in [4.69, 9.17) is 4.74 Å². The van der Waals surface area contributed by atoms with Gasteiger partial charge >= 0.3 is 0 Å². The van der Waals surface area contributed by atoms with Crippen LogP contribution in [0, 0.1) is 10.8 Å². The van der Waals surface area contributed by atoms with Crippen molar-refractivity contribution in [3.8, 4) is 0 Å². The average molecular weight is 465 g/mol. The first-order chi connectivity index (χ1) is 11.7. The van der Waals surface area contributed by atoms with Gasteiger partial charge in [-0.2, -0.15) is 0 Å². The van der Waals surface area contributed by atoms with Gasteiger partial charge in [0.05, 0.1) is 6.61 Å². The Labute approximate surface area is 170 Å². The molecule has 0 aromatic rings. The van der Waals surface area contributed by atoms with Crippen LogP contribution in [0.4, 0.5) is 0 Å². The van der Waals surface area contributed by atoms with Crippen LogP contribution in [0.1, 0.15) is 57.8 Å². The number of likely N-dealkylation sites (tertiary alicyclic amines) is 1. The molecule has 5 nitrogen and oxygen atoms in total. The van der Waals surface area contributed by atoms with Gasteiger partial charge in [0.25, 0.3) is 0 Å². The molecule has 146 valence electrons. The second-order valence-corrected chi connectivity index (χ2v) is 8.26. The molecule has 0 radical (unpaired) electrons. The fraction of sp³-hybridized carbons (Fsp3) is 0.947. The summed E-state index contributed by atoms with van der Waals surface area (Å²) < 4.78 is 5.80. The summed E-state index contributed by atoms with van der Waals surface area (Å²) in [5, 5.41) is 13.1. The molecule has 2 heterocycles. The minimum atomic E-state index is 0. The van der Waals surface area contributed by atoms with Gasteiger partial charge in [0.2, 0.25) is 0 Å². The van der Waals surface area contributed by atoms with E-state index in [0.717, 1.165) is 45.2 Å². The van der Waals surface area contributed by atoms with Crippen molar-refractivity contribution >= 4 is 29.9 Å². The number of rotatable bonds is 4. The number of ether oxygens (including phenoxy) is 1. The number of aliphatic imine (C=N–C) groups is 1. The van der Waals surface area contributed by atoms with Crippen LogP contribution in [0.15, 0.2) is 4.99 Å². The van der Waals surface area contributed by atoms with Crippen molar-refractivity contribution in [2.75, 3.05) is 46.5 Å². The second kappa shape index (κ2) is 9.74. The van der Waals surface area contributed by atoms with Crippen LogP contribution in [0.2, 0.25) is 0 Å². The third-order valence-electron chi connectivity index (χ3n) is 6.50. The molecule has 1 spiro atoms. The summed E-state index contributed by atoms with van der Waals surface area (Å²) >= 11 is 0. The van der Waals surface area contributed by atoms with E-state index in [1.54, 1.807) is 0 Å². The molecule has 0 aromatic carbocycles. The number of hydrogen-bond acceptors (Lipinski definition) is 3. The first-order valence-electron chi connectivity index (χ1n) is 9.85. The first-order valence-corrected chi connectivity index (χ1v) is 9.85. The molecule has 6 heteroatoms. The zero-order valence-electron chi connectivity index (χ0n) is 15.8. The first kappa shape index (κ1) is 21.2. The molecule has 0 amide bonds. The maximum atomic E-state index is 9.45. The molecule has 1 unspecified atom stereocenters. The molecule has 3 fully saturated rings. The van der Waals surface area contributed by atoms with Crippen molar-refractivity contribution in [3.05, 3.63) is 0 Å². The van der Waals surface area contributed by atoms with Gasteiger partial charge in [-0.15, -0.1) is 24.0 Å². The Kier molecular flexibility index (Phi) is 8.27. The fourth-order valence-corrected chi connectivity index (χ4v) is 5.10. The molecule has 0 aromatic heterocycles. The number of hydrogen-bond donors (Lipinski definition) is 2. The van der Waals surface area contributed by atoms with Gasteiger partial charge in [-0.25, -0.2) is 0 Å². The number of piperidine rings is 1. The SMILES string of the molecule is CN=C(NCC1(CCO)CCCC1)N1CCCC2(CCCOC2)C1.I. The third kappa shape index (κ3) is 5.22. The molecule has 1 atom stereocenters. The van der Waals surface area contributed by atoms with Crippen molar-refractivity contribution in [1.82, 2.24) is 10.2 Å². The maximum Gasteiger partial charge on any atom is 0.193 e. The third-order valence-corrected chi connectivity index (χ3v) is 6.50. The fourth-order valence-electron chi connectivity index (χ4n) is 5.10. The van der Waals surface area contributed by atoms with Crippen LogP contribution < -0.4 is 5.32 Å². The highest BCUT2D eigenvalue weighted by molar-refractivity contribution is 14.0. The van der Waals surface area contributed by atoms with Gasteiger partial charge in [0.15, 0.2) is 5.96 Å². The zero-order valence-corrected chi connectivity index (χ0v) is 18.1. The van der Waals surface area contributed by atoms with Gasteiger partial charge in [0.1, 0.15) is 0 Å². The van der Waals surface area contributed by atoms with Gasteiger partial charge in [-0.1, -0.05) is 12.8 Å². The molecule has 2 N–H and O–H groups in total. The number of aliphatic hydroxyl groups excluding tert-OH is 1. The van der Waals surface area contributed by atoms with Crippen molar-refractivity contribution in [2.24, 2.45) is 15.8 Å². The summed E-state index contributed by atoms with van der Waals surface area (Å²) in [6, 6.07) is 0. The molecular weight excluding hydrogens is 429 g/mol. The smallest absolute Gasteiger partial charge is 0.193 e. The van der Waals surface area contributed by atoms with Crippen molar-refractivity contribution in [2.45, 2.75) is 57.8 Å². The minimum absolute atomic E-state index is 0. The van der Waals surface area contributed by atoms with Gasteiger partial charge in [-0.3, -0.25) is 4.99 Å². The van der Waals surface area contributed by atoms with Crippen LogP contribution in [0.3, 0.4) is 0 Å². The van der Waals surface area contributed by atoms with E-state index in [2.05, 4.69) is 15.2 Å². The Morgan fingerprint density at radius 3 is 2.56 bits per heavy atom. The predicted octanol–water partition coefficient (Wildman–Crippen LogP) is 3.02. The summed E-state index contributed by atoms with van der Waals surface area (Å²) in [4.78, 5) is 7.01. The number of aliphatic hydroxyl groups is 1. The number of nitrogens with one attached hydrogen (secondary N) is 1. The van der Waals surface area contributed by atoms with Crippen molar-refractivity contribution in [3.63, 3.8) is 0 Å². The monoisotopic (exact) mass is 465 g/mol. The number of guanidine groups is 1. The topological polar surface area (TPSA) is 57.1 Å². The minimum Gasteiger partial charge on any atom is -0.396 e. The summed E-state index contributed by atoms with van der Waals surface area (Å²) in [6.07, 6.45) is 11.0. The molecule has 25 heavy (non-hydrogen) atoms. The predicted molar refractivity (Wildman–Crippen MR) is 113 cm³/mol. The van der Waals surface area contributed by atoms with E-state index in [9.17, 15) is 5.11 Å². The highest BCUT2D eigenvalue weighted by Crippen LogP contribution is 2.41. The quantitative estimate of drug-likeness (QED) is 0.381. The zero-order chi connectivity index (χ0) is 16.9. The van der Waals surface area contributed by atoms with E-state index in [1.807, 2.05) is 7.05 Å². The highest BCUT2D eigenvalue weighted by atomic mass is 127. The Morgan fingerprint density at radius 1 is 1.16 bits per heavy atom. The van der Waals surface area contributed by atoms with E-state index in [0.29, 0.717) is 12.0 Å². The van der Waals surface area contributed by atoms with Crippen LogP contribution >= 0.6 is 24.0 Å². The molecule has 2 saturated heterocycles. The van der Waals surface area contributed by atoms with Gasteiger partial charge < -0.3 is 20.1 Å². The number of nitrogens with zero attached hydrogens (tertiary/aromatic N) is 2. The lowest BCUT2D eigenvalue weighted by Gasteiger charge is -2.46. The van der Waals surface area contributed by atoms with E-state index < -0.39 is 0 Å². The van der Waals surface area contributed by atoms with Crippen LogP contribution in [-0.4, -0.2) is 62.5 Å². The molecule has 1 aliphatic carbocycles. The lowest BCUT2D eigenvalue weighted by atomic mass is 9.76. The largest absolute Gasteiger partial charge is 0.396 e. The summed E-state index contributed by atoms with van der Waals surface area (Å²) in [7, 11) is 1.90. The Hall–Kier alpha value is -0.0800. The molecular formula is C19H36IN3O2. The lowest BCUT2D eigenvalue weighted by Crippen LogP contribution is -2.54. The average Bonchev–Trinajstić information content (AvgIpc) is 3.05. The molecule has 3 aliphatic rings. The Morgan fingerprint density at radius 2 is 1.92 bits per heavy atom. The summed E-state index contributed by atoms with van der Waals surface area (Å²) in [5.74, 6) is 1.05. The second-order valence-electron chi connectivity index (χ2n) is 8.26. The normalized spacial score (nSPS) is 29.5. The lowest BCUT2D eigenvalue weighted by molar-refractivity contribution is -0.0371. The summed E-state index contributed by atoms with van der Waals surface area (Å²) in [6.45, 7) is 5.24. The van der Waals surface area contributed by atoms with E-state index in [-0.39, 0.29) is 29.4 Å². The van der Waals surface area contributed by atoms with Crippen LogP contribution in [0.5, 0.6) is 0 Å². The molecule has 2 aliphatic heterocycles. The molecule has 0 bridgehead atoms. The van der Waals surface area contributed by atoms with Gasteiger partial charge in [0, 0.05) is 45.3 Å². The highest BCUT2D eigenvalue weighted by Gasteiger charge is 2.39. The molecule has 1 saturated carbocycles. The van der Waals surface area contributed by atoms with E-state index >= 15 is 0 Å². The van der Waals surface area contributed by atoms with Crippen LogP contribution in [0.25, 0.3) is 0 Å². The number of halogens is 1. The summed E-state index contributed by atoms with van der Waals surface area (Å²) in [5.41, 5.74) is 0.608. The van der Waals surface area contributed by atoms with Crippen molar-refractivity contribution in [1.29, 1.82) is 0 Å². The maximum absolute atomic E-state index is 9.45.